The average molecular weight is 394 g/mol. The fourth-order valence-electron chi connectivity index (χ4n) is 2.13. The second-order valence-electron chi connectivity index (χ2n) is 5.63. The smallest absolute Gasteiger partial charge is 0.307 e. The molecule has 0 spiro atoms. The molecule has 27 heavy (non-hydrogen) atoms. The highest BCUT2D eigenvalue weighted by Crippen LogP contribution is 1.96. The van der Waals surface area contributed by atoms with Gasteiger partial charge >= 0.3 is 5.97 Å². The summed E-state index contributed by atoms with van der Waals surface area (Å²) in [5.74, 6) is -0.214. The molecule has 0 rings (SSSR count). The Balaban J connectivity index is 3.97. The van der Waals surface area contributed by atoms with E-state index in [0.717, 1.165) is 13.1 Å². The number of esters is 1. The molecule has 0 aliphatic rings. The maximum atomic E-state index is 11.8. The Bertz CT molecular complexity index is 302. The number of carbonyl (C=O) groups is 1. The summed E-state index contributed by atoms with van der Waals surface area (Å²) >= 11 is 0. The van der Waals surface area contributed by atoms with Gasteiger partial charge in [0.05, 0.1) is 52.7 Å². The lowest BCUT2D eigenvalue weighted by molar-refractivity contribution is -0.145. The van der Waals surface area contributed by atoms with Crippen molar-refractivity contribution in [3.05, 3.63) is 0 Å². The van der Waals surface area contributed by atoms with E-state index in [1.54, 1.807) is 0 Å². The summed E-state index contributed by atoms with van der Waals surface area (Å²) in [7, 11) is 0. The zero-order valence-corrected chi connectivity index (χ0v) is 17.4. The molecule has 0 amide bonds. The molecule has 0 aromatic heterocycles. The van der Waals surface area contributed by atoms with Crippen molar-refractivity contribution in [1.29, 1.82) is 0 Å². The largest absolute Gasteiger partial charge is 0.463 e. The number of hydrogen-bond donors (Lipinski definition) is 0. The lowest BCUT2D eigenvalue weighted by Gasteiger charge is -2.22. The van der Waals surface area contributed by atoms with Gasteiger partial charge in [0.1, 0.15) is 6.61 Å². The van der Waals surface area contributed by atoms with Crippen molar-refractivity contribution in [1.82, 2.24) is 4.90 Å². The lowest BCUT2D eigenvalue weighted by Crippen LogP contribution is -2.34. The van der Waals surface area contributed by atoms with E-state index in [1.165, 1.54) is 0 Å². The van der Waals surface area contributed by atoms with Gasteiger partial charge in [-0.25, -0.2) is 0 Å². The van der Waals surface area contributed by atoms with Crippen LogP contribution in [0.5, 0.6) is 0 Å². The first-order valence-corrected chi connectivity index (χ1v) is 10.0. The molecule has 0 aliphatic carbocycles. The van der Waals surface area contributed by atoms with Crippen LogP contribution in [-0.2, 0) is 33.2 Å². The predicted molar refractivity (Wildman–Crippen MR) is 103 cm³/mol. The molecule has 0 heterocycles. The molecule has 8 heteroatoms. The summed E-state index contributed by atoms with van der Waals surface area (Å²) in [5.41, 5.74) is 0. The third-order valence-electron chi connectivity index (χ3n) is 3.58. The van der Waals surface area contributed by atoms with Gasteiger partial charge in [-0.1, -0.05) is 0 Å². The summed E-state index contributed by atoms with van der Waals surface area (Å²) in [5, 5.41) is 0. The van der Waals surface area contributed by atoms with Crippen LogP contribution in [0.2, 0.25) is 0 Å². The molecule has 0 atom stereocenters. The highest BCUT2D eigenvalue weighted by molar-refractivity contribution is 5.69. The zero-order chi connectivity index (χ0) is 20.0. The predicted octanol–water partition coefficient (Wildman–Crippen LogP) is 1.36. The molecular formula is C19H39NO7. The van der Waals surface area contributed by atoms with Crippen molar-refractivity contribution >= 4 is 5.97 Å². The van der Waals surface area contributed by atoms with Gasteiger partial charge in [-0.2, -0.15) is 0 Å². The molecule has 0 aromatic carbocycles. The monoisotopic (exact) mass is 393 g/mol. The first kappa shape index (κ1) is 26.2. The van der Waals surface area contributed by atoms with Crippen LogP contribution < -0.4 is 0 Å². The first-order chi connectivity index (χ1) is 13.2. The van der Waals surface area contributed by atoms with Crippen molar-refractivity contribution in [2.45, 2.75) is 27.2 Å². The van der Waals surface area contributed by atoms with Crippen LogP contribution in [0.4, 0.5) is 0 Å². The van der Waals surface area contributed by atoms with Crippen LogP contribution in [0, 0.1) is 0 Å². The number of hydrogen-bond acceptors (Lipinski definition) is 8. The van der Waals surface area contributed by atoms with Gasteiger partial charge < -0.3 is 28.4 Å². The standard InChI is InChI=1S/C19H39NO7/c1-4-22-13-15-25-11-9-20(10-12-26-16-14-23-5-2)8-7-19(21)27-18-17-24-6-3/h4-18H2,1-3H3. The Kier molecular flexibility index (Phi) is 20.9. The molecule has 0 fully saturated rings. The Morgan fingerprint density at radius 3 is 1.52 bits per heavy atom. The molecule has 162 valence electrons. The maximum absolute atomic E-state index is 11.8. The minimum atomic E-state index is -0.214. The Hall–Kier alpha value is -0.770. The highest BCUT2D eigenvalue weighted by Gasteiger charge is 2.10. The molecule has 8 nitrogen and oxygen atoms in total. The molecule has 0 bridgehead atoms. The zero-order valence-electron chi connectivity index (χ0n) is 17.4. The number of carbonyl (C=O) groups excluding carboxylic acids is 1. The van der Waals surface area contributed by atoms with Crippen molar-refractivity contribution in [2.24, 2.45) is 0 Å². The average Bonchev–Trinajstić information content (AvgIpc) is 2.68. The molecule has 0 N–H and O–H groups in total. The SMILES string of the molecule is CCOCCOCCN(CCOCCOCC)CCC(=O)OCCOCC. The molecule has 0 saturated heterocycles. The minimum absolute atomic E-state index is 0.214. The number of ether oxygens (including phenoxy) is 6. The van der Waals surface area contributed by atoms with E-state index >= 15 is 0 Å². The van der Waals surface area contributed by atoms with E-state index in [4.69, 9.17) is 28.4 Å². The summed E-state index contributed by atoms with van der Waals surface area (Å²) in [4.78, 5) is 14.0. The summed E-state index contributed by atoms with van der Waals surface area (Å²) in [6.45, 7) is 14.2. The normalized spacial score (nSPS) is 11.3. The molecular weight excluding hydrogens is 354 g/mol. The summed E-state index contributed by atoms with van der Waals surface area (Å²) in [6, 6.07) is 0. The molecule has 0 saturated carbocycles. The van der Waals surface area contributed by atoms with E-state index < -0.39 is 0 Å². The van der Waals surface area contributed by atoms with E-state index in [2.05, 4.69) is 4.90 Å². The second kappa shape index (κ2) is 21.5. The van der Waals surface area contributed by atoms with E-state index in [-0.39, 0.29) is 5.97 Å². The topological polar surface area (TPSA) is 75.7 Å². The van der Waals surface area contributed by atoms with Crippen LogP contribution in [-0.4, -0.2) is 103 Å². The van der Waals surface area contributed by atoms with Crippen LogP contribution in [0.25, 0.3) is 0 Å². The van der Waals surface area contributed by atoms with E-state index in [0.29, 0.717) is 85.6 Å². The highest BCUT2D eigenvalue weighted by atomic mass is 16.6. The third-order valence-corrected chi connectivity index (χ3v) is 3.58. The van der Waals surface area contributed by atoms with Gasteiger partial charge in [0.2, 0.25) is 0 Å². The van der Waals surface area contributed by atoms with Gasteiger partial charge in [0, 0.05) is 39.5 Å². The fraction of sp³-hybridized carbons (Fsp3) is 0.947. The quantitative estimate of drug-likeness (QED) is 0.214. The van der Waals surface area contributed by atoms with Crippen molar-refractivity contribution in [3.8, 4) is 0 Å². The van der Waals surface area contributed by atoms with Gasteiger partial charge in [-0.3, -0.25) is 9.69 Å². The van der Waals surface area contributed by atoms with Gasteiger partial charge in [0.15, 0.2) is 0 Å². The Morgan fingerprint density at radius 2 is 1.04 bits per heavy atom. The van der Waals surface area contributed by atoms with E-state index in [1.807, 2.05) is 20.8 Å². The Morgan fingerprint density at radius 1 is 0.593 bits per heavy atom. The van der Waals surface area contributed by atoms with Gasteiger partial charge in [0.25, 0.3) is 0 Å². The van der Waals surface area contributed by atoms with Crippen LogP contribution in [0.3, 0.4) is 0 Å². The van der Waals surface area contributed by atoms with Crippen LogP contribution in [0.15, 0.2) is 0 Å². The first-order valence-electron chi connectivity index (χ1n) is 10.0. The van der Waals surface area contributed by atoms with Crippen LogP contribution in [0.1, 0.15) is 27.2 Å². The van der Waals surface area contributed by atoms with Crippen molar-refractivity contribution in [3.63, 3.8) is 0 Å². The number of nitrogens with zero attached hydrogens (tertiary/aromatic N) is 1. The summed E-state index contributed by atoms with van der Waals surface area (Å²) in [6.07, 6.45) is 0.337. The lowest BCUT2D eigenvalue weighted by atomic mass is 10.3. The Labute approximate surface area is 164 Å². The van der Waals surface area contributed by atoms with Gasteiger partial charge in [-0.15, -0.1) is 0 Å². The fourth-order valence-corrected chi connectivity index (χ4v) is 2.13. The second-order valence-corrected chi connectivity index (χ2v) is 5.63. The number of rotatable bonds is 21. The third kappa shape index (κ3) is 19.8. The molecule has 0 unspecified atom stereocenters. The van der Waals surface area contributed by atoms with Crippen molar-refractivity contribution in [2.75, 3.05) is 92.3 Å². The maximum Gasteiger partial charge on any atom is 0.307 e. The summed E-state index contributed by atoms with van der Waals surface area (Å²) < 4.78 is 31.9. The molecule has 0 aromatic rings. The minimum Gasteiger partial charge on any atom is -0.463 e. The van der Waals surface area contributed by atoms with E-state index in [9.17, 15) is 4.79 Å². The van der Waals surface area contributed by atoms with Crippen LogP contribution >= 0.6 is 0 Å². The van der Waals surface area contributed by atoms with Gasteiger partial charge in [-0.05, 0) is 20.8 Å². The molecule has 0 radical (unpaired) electrons. The molecule has 0 aliphatic heterocycles. The van der Waals surface area contributed by atoms with Crippen molar-refractivity contribution < 1.29 is 33.2 Å².